The van der Waals surface area contributed by atoms with E-state index >= 15 is 0 Å². The number of nitrogens with zero attached hydrogens (tertiary/aromatic N) is 4. The zero-order valence-corrected chi connectivity index (χ0v) is 19.5. The molecule has 2 aliphatic rings. The van der Waals surface area contributed by atoms with Gasteiger partial charge in [-0.15, -0.1) is 0 Å². The van der Waals surface area contributed by atoms with E-state index < -0.39 is 0 Å². The third kappa shape index (κ3) is 6.06. The van der Waals surface area contributed by atoms with Crippen molar-refractivity contribution in [2.45, 2.75) is 46.1 Å². The lowest BCUT2D eigenvalue weighted by Gasteiger charge is -2.35. The van der Waals surface area contributed by atoms with Crippen molar-refractivity contribution < 1.29 is 0 Å². The molecule has 7 heteroatoms. The summed E-state index contributed by atoms with van der Waals surface area (Å²) < 4.78 is 0. The minimum absolute atomic E-state index is 0.547. The van der Waals surface area contributed by atoms with Gasteiger partial charge in [-0.3, -0.25) is 0 Å². The van der Waals surface area contributed by atoms with Crippen molar-refractivity contribution in [3.63, 3.8) is 0 Å². The number of hydrogen-bond donors (Lipinski definition) is 2. The molecule has 2 aromatic rings. The number of aromatic nitrogens is 2. The predicted octanol–water partition coefficient (Wildman–Crippen LogP) is 4.44. The smallest absolute Gasteiger partial charge is 0.232 e. The molecule has 0 saturated carbocycles. The average Bonchev–Trinajstić information content (AvgIpc) is 2.78. The van der Waals surface area contributed by atoms with E-state index in [1.165, 1.54) is 31.2 Å². The van der Waals surface area contributed by atoms with Crippen LogP contribution in [0.1, 0.15) is 45.1 Å². The zero-order valence-electron chi connectivity index (χ0n) is 18.7. The monoisotopic (exact) mass is 438 g/mol. The molecule has 0 amide bonds. The van der Waals surface area contributed by atoms with E-state index in [0.717, 1.165) is 37.8 Å². The first kappa shape index (κ1) is 21.8. The number of piperidine rings is 2. The summed E-state index contributed by atoms with van der Waals surface area (Å²) >= 11 is 5.54. The Morgan fingerprint density at radius 3 is 2.10 bits per heavy atom. The summed E-state index contributed by atoms with van der Waals surface area (Å²) in [6.07, 6.45) is 5.00. The van der Waals surface area contributed by atoms with Crippen LogP contribution in [-0.2, 0) is 6.54 Å². The molecule has 31 heavy (non-hydrogen) atoms. The van der Waals surface area contributed by atoms with E-state index in [9.17, 15) is 0 Å². The molecular weight excluding hydrogens is 404 g/mol. The molecule has 2 atom stereocenters. The Kier molecular flexibility index (Phi) is 7.22. The first-order valence-corrected chi connectivity index (χ1v) is 12.0. The fraction of sp³-hybridized carbons (Fsp3) is 0.542. The van der Waals surface area contributed by atoms with Crippen LogP contribution >= 0.6 is 12.2 Å². The highest BCUT2D eigenvalue weighted by Gasteiger charge is 2.23. The van der Waals surface area contributed by atoms with Crippen LogP contribution in [0.3, 0.4) is 0 Å². The van der Waals surface area contributed by atoms with Gasteiger partial charge in [0.25, 0.3) is 0 Å². The molecular formula is C24H34N6S. The highest BCUT2D eigenvalue weighted by atomic mass is 32.1. The van der Waals surface area contributed by atoms with Gasteiger partial charge in [-0.2, -0.15) is 9.97 Å². The largest absolute Gasteiger partial charge is 0.358 e. The molecule has 1 aromatic carbocycles. The van der Waals surface area contributed by atoms with Crippen LogP contribution in [0.2, 0.25) is 0 Å². The second-order valence-corrected chi connectivity index (χ2v) is 9.50. The topological polar surface area (TPSA) is 56.3 Å². The van der Waals surface area contributed by atoms with Gasteiger partial charge >= 0.3 is 0 Å². The normalized spacial score (nSPS) is 21.6. The number of hydrogen-bond acceptors (Lipinski definition) is 5. The van der Waals surface area contributed by atoms with Crippen LogP contribution in [0.4, 0.5) is 17.6 Å². The molecule has 0 unspecified atom stereocenters. The SMILES string of the molecule is C[C@H]1CCCN(c2cc(N3CCC[C@H](C)C3)nc(NC(=S)NCc3ccccc3)n2)C1. The van der Waals surface area contributed by atoms with Crippen LogP contribution in [0.15, 0.2) is 36.4 Å². The number of anilines is 3. The summed E-state index contributed by atoms with van der Waals surface area (Å²) in [5.41, 5.74) is 1.19. The Morgan fingerprint density at radius 1 is 0.968 bits per heavy atom. The zero-order chi connectivity index (χ0) is 21.6. The van der Waals surface area contributed by atoms with Gasteiger partial charge in [0.05, 0.1) is 0 Å². The lowest BCUT2D eigenvalue weighted by molar-refractivity contribution is 0.441. The second kappa shape index (κ2) is 10.3. The molecule has 6 nitrogen and oxygen atoms in total. The van der Waals surface area contributed by atoms with Gasteiger partial charge in [0.1, 0.15) is 11.6 Å². The maximum Gasteiger partial charge on any atom is 0.232 e. The molecule has 3 heterocycles. The van der Waals surface area contributed by atoms with E-state index in [0.29, 0.717) is 29.4 Å². The number of thiocarbonyl (C=S) groups is 1. The first-order chi connectivity index (χ1) is 15.1. The summed E-state index contributed by atoms with van der Waals surface area (Å²) in [6, 6.07) is 12.4. The van der Waals surface area contributed by atoms with Crippen molar-refractivity contribution >= 4 is 34.9 Å². The van der Waals surface area contributed by atoms with Crippen molar-refractivity contribution in [2.24, 2.45) is 11.8 Å². The van der Waals surface area contributed by atoms with Crippen LogP contribution in [-0.4, -0.2) is 41.3 Å². The third-order valence-corrected chi connectivity index (χ3v) is 6.43. The molecule has 2 aliphatic heterocycles. The summed E-state index contributed by atoms with van der Waals surface area (Å²) in [5, 5.41) is 7.06. The number of benzene rings is 1. The van der Waals surface area contributed by atoms with Gasteiger partial charge in [0, 0.05) is 38.8 Å². The molecule has 0 bridgehead atoms. The van der Waals surface area contributed by atoms with Crippen LogP contribution in [0.25, 0.3) is 0 Å². The number of nitrogens with one attached hydrogen (secondary N) is 2. The van der Waals surface area contributed by atoms with Crippen molar-refractivity contribution in [3.05, 3.63) is 42.0 Å². The first-order valence-electron chi connectivity index (χ1n) is 11.5. The lowest BCUT2D eigenvalue weighted by Crippen LogP contribution is -2.37. The Labute approximate surface area is 191 Å². The van der Waals surface area contributed by atoms with E-state index in [1.807, 2.05) is 18.2 Å². The van der Waals surface area contributed by atoms with Gasteiger partial charge in [-0.25, -0.2) is 0 Å². The molecule has 166 valence electrons. The molecule has 2 fully saturated rings. The van der Waals surface area contributed by atoms with Crippen LogP contribution in [0, 0.1) is 11.8 Å². The third-order valence-electron chi connectivity index (χ3n) is 6.18. The van der Waals surface area contributed by atoms with Gasteiger partial charge in [-0.05, 0) is 55.3 Å². The van der Waals surface area contributed by atoms with Crippen molar-refractivity contribution in [2.75, 3.05) is 41.3 Å². The summed E-state index contributed by atoms with van der Waals surface area (Å²) in [6.45, 7) is 9.50. The van der Waals surface area contributed by atoms with Gasteiger partial charge < -0.3 is 20.4 Å². The minimum atomic E-state index is 0.547. The van der Waals surface area contributed by atoms with Crippen molar-refractivity contribution in [1.29, 1.82) is 0 Å². The second-order valence-electron chi connectivity index (χ2n) is 9.09. The summed E-state index contributed by atoms with van der Waals surface area (Å²) in [7, 11) is 0. The van der Waals surface area contributed by atoms with Crippen molar-refractivity contribution in [1.82, 2.24) is 15.3 Å². The molecule has 1 aromatic heterocycles. The molecule has 0 spiro atoms. The molecule has 4 rings (SSSR count). The van der Waals surface area contributed by atoms with Crippen LogP contribution < -0.4 is 20.4 Å². The van der Waals surface area contributed by atoms with Crippen molar-refractivity contribution in [3.8, 4) is 0 Å². The highest BCUT2D eigenvalue weighted by molar-refractivity contribution is 7.80. The molecule has 0 aliphatic carbocycles. The Bertz CT molecular complexity index is 833. The predicted molar refractivity (Wildman–Crippen MR) is 133 cm³/mol. The number of rotatable bonds is 5. The van der Waals surface area contributed by atoms with Gasteiger partial charge in [0.2, 0.25) is 5.95 Å². The molecule has 2 saturated heterocycles. The Morgan fingerprint density at radius 2 is 1.55 bits per heavy atom. The fourth-order valence-corrected chi connectivity index (χ4v) is 4.68. The highest BCUT2D eigenvalue weighted by Crippen LogP contribution is 2.28. The summed E-state index contributed by atoms with van der Waals surface area (Å²) in [4.78, 5) is 14.5. The Hall–Kier alpha value is -2.41. The van der Waals surface area contributed by atoms with E-state index in [1.54, 1.807) is 0 Å². The molecule has 0 radical (unpaired) electrons. The fourth-order valence-electron chi connectivity index (χ4n) is 4.52. The molecule has 2 N–H and O–H groups in total. The quantitative estimate of drug-likeness (QED) is 0.670. The van der Waals surface area contributed by atoms with Crippen LogP contribution in [0.5, 0.6) is 0 Å². The standard InChI is InChI=1S/C24H34N6S/c1-18-8-6-12-29(16-18)21-14-22(30-13-7-9-19(2)17-30)27-23(26-21)28-24(31)25-15-20-10-4-3-5-11-20/h3-5,10-11,14,18-19H,6-9,12-13,15-17H2,1-2H3,(H2,25,26,27,28,31)/t18-,19-/m0/s1. The summed E-state index contributed by atoms with van der Waals surface area (Å²) in [5.74, 6) is 3.96. The average molecular weight is 439 g/mol. The van der Waals surface area contributed by atoms with E-state index in [-0.39, 0.29) is 0 Å². The van der Waals surface area contributed by atoms with E-state index in [4.69, 9.17) is 22.2 Å². The maximum absolute atomic E-state index is 5.54. The minimum Gasteiger partial charge on any atom is -0.358 e. The van der Waals surface area contributed by atoms with Gasteiger partial charge in [0.15, 0.2) is 5.11 Å². The van der Waals surface area contributed by atoms with E-state index in [2.05, 4.69) is 52.5 Å². The van der Waals surface area contributed by atoms with Gasteiger partial charge in [-0.1, -0.05) is 44.2 Å². The maximum atomic E-state index is 5.54. The lowest BCUT2D eigenvalue weighted by atomic mass is 10.00. The Balaban J connectivity index is 1.51.